The molecule has 0 radical (unpaired) electrons. The van der Waals surface area contributed by atoms with Crippen molar-refractivity contribution in [3.63, 3.8) is 0 Å². The van der Waals surface area contributed by atoms with Gasteiger partial charge in [0.15, 0.2) is 6.61 Å². The van der Waals surface area contributed by atoms with Crippen LogP contribution in [0.3, 0.4) is 0 Å². The number of methoxy groups -OCH3 is 1. The molecular weight excluding hydrogens is 308 g/mol. The van der Waals surface area contributed by atoms with Gasteiger partial charge in [0.25, 0.3) is 5.91 Å². The quantitative estimate of drug-likeness (QED) is 0.652. The van der Waals surface area contributed by atoms with Gasteiger partial charge in [-0.2, -0.15) is 0 Å². The molecule has 0 aliphatic rings. The maximum atomic E-state index is 11.6. The van der Waals surface area contributed by atoms with Crippen molar-refractivity contribution in [1.82, 2.24) is 0 Å². The van der Waals surface area contributed by atoms with Gasteiger partial charge in [0.05, 0.1) is 18.4 Å². The molecule has 0 saturated heterocycles. The van der Waals surface area contributed by atoms with E-state index < -0.39 is 11.9 Å². The van der Waals surface area contributed by atoms with Crippen LogP contribution in [0.2, 0.25) is 0 Å². The first-order chi connectivity index (χ1) is 11.5. The second kappa shape index (κ2) is 7.92. The van der Waals surface area contributed by atoms with Gasteiger partial charge in [-0.3, -0.25) is 9.79 Å². The summed E-state index contributed by atoms with van der Waals surface area (Å²) in [5, 5.41) is 0. The van der Waals surface area contributed by atoms with Gasteiger partial charge < -0.3 is 15.2 Å². The third kappa shape index (κ3) is 4.67. The summed E-state index contributed by atoms with van der Waals surface area (Å²) < 4.78 is 9.90. The van der Waals surface area contributed by atoms with Crippen LogP contribution in [0, 0.1) is 6.92 Å². The number of carbonyl (C=O) groups is 2. The van der Waals surface area contributed by atoms with E-state index >= 15 is 0 Å². The van der Waals surface area contributed by atoms with Crippen LogP contribution in [-0.4, -0.2) is 31.8 Å². The van der Waals surface area contributed by atoms with E-state index in [4.69, 9.17) is 15.2 Å². The lowest BCUT2D eigenvalue weighted by atomic mass is 10.1. The lowest BCUT2D eigenvalue weighted by molar-refractivity contribution is -0.119. The SMILES string of the molecule is COC(=O)c1ccc(C)c(N=Cc2ccc(OCC(N)=O)cc2)c1. The van der Waals surface area contributed by atoms with Gasteiger partial charge in [-0.1, -0.05) is 6.07 Å². The van der Waals surface area contributed by atoms with Gasteiger partial charge in [-0.25, -0.2) is 4.79 Å². The molecule has 2 N–H and O–H groups in total. The van der Waals surface area contributed by atoms with Crippen molar-refractivity contribution in [2.45, 2.75) is 6.92 Å². The Bertz CT molecular complexity index is 767. The Hall–Kier alpha value is -3.15. The molecule has 0 spiro atoms. The second-order valence-corrected chi connectivity index (χ2v) is 5.08. The Morgan fingerprint density at radius 1 is 1.17 bits per heavy atom. The first kappa shape index (κ1) is 17.2. The predicted molar refractivity (Wildman–Crippen MR) is 90.9 cm³/mol. The molecule has 2 aromatic rings. The van der Waals surface area contributed by atoms with Gasteiger partial charge >= 0.3 is 5.97 Å². The van der Waals surface area contributed by atoms with Gasteiger partial charge in [0.2, 0.25) is 0 Å². The molecule has 1 amide bonds. The van der Waals surface area contributed by atoms with Crippen molar-refractivity contribution >= 4 is 23.8 Å². The molecule has 0 unspecified atom stereocenters. The summed E-state index contributed by atoms with van der Waals surface area (Å²) in [4.78, 5) is 26.7. The summed E-state index contributed by atoms with van der Waals surface area (Å²) in [5.41, 5.74) is 7.95. The van der Waals surface area contributed by atoms with Gasteiger partial charge in [-0.15, -0.1) is 0 Å². The summed E-state index contributed by atoms with van der Waals surface area (Å²) in [5.74, 6) is -0.376. The Morgan fingerprint density at radius 2 is 1.88 bits per heavy atom. The van der Waals surface area contributed by atoms with Crippen LogP contribution in [0.1, 0.15) is 21.5 Å². The third-order valence-electron chi connectivity index (χ3n) is 3.24. The van der Waals surface area contributed by atoms with Crippen LogP contribution < -0.4 is 10.5 Å². The second-order valence-electron chi connectivity index (χ2n) is 5.08. The van der Waals surface area contributed by atoms with Crippen molar-refractivity contribution in [3.05, 3.63) is 59.2 Å². The number of aryl methyl sites for hydroxylation is 1. The molecule has 124 valence electrons. The van der Waals surface area contributed by atoms with Crippen molar-refractivity contribution < 1.29 is 19.1 Å². The Balaban J connectivity index is 2.13. The highest BCUT2D eigenvalue weighted by atomic mass is 16.5. The van der Waals surface area contributed by atoms with E-state index in [1.807, 2.05) is 13.0 Å². The average molecular weight is 326 g/mol. The van der Waals surface area contributed by atoms with Crippen LogP contribution >= 0.6 is 0 Å². The Morgan fingerprint density at radius 3 is 2.50 bits per heavy atom. The molecular formula is C18H18N2O4. The number of ether oxygens (including phenoxy) is 2. The third-order valence-corrected chi connectivity index (χ3v) is 3.24. The minimum Gasteiger partial charge on any atom is -0.484 e. The highest BCUT2D eigenvalue weighted by Gasteiger charge is 2.07. The van der Waals surface area contributed by atoms with E-state index in [9.17, 15) is 9.59 Å². The van der Waals surface area contributed by atoms with E-state index in [0.29, 0.717) is 17.0 Å². The summed E-state index contributed by atoms with van der Waals surface area (Å²) in [6.07, 6.45) is 1.68. The Kier molecular flexibility index (Phi) is 5.68. The molecule has 0 heterocycles. The standard InChI is InChI=1S/C18H18N2O4/c1-12-3-6-14(18(22)23-2)9-16(12)20-10-13-4-7-15(8-5-13)24-11-17(19)21/h3-10H,11H2,1-2H3,(H2,19,21). The number of nitrogens with two attached hydrogens (primary N) is 1. The zero-order valence-electron chi connectivity index (χ0n) is 13.5. The number of amides is 1. The zero-order valence-corrected chi connectivity index (χ0v) is 13.5. The van der Waals surface area contributed by atoms with Crippen LogP contribution in [-0.2, 0) is 9.53 Å². The fourth-order valence-corrected chi connectivity index (χ4v) is 1.94. The normalized spacial score (nSPS) is 10.6. The van der Waals surface area contributed by atoms with E-state index in [2.05, 4.69) is 4.99 Å². The number of carbonyl (C=O) groups excluding carboxylic acids is 2. The summed E-state index contributed by atoms with van der Waals surface area (Å²) in [6, 6.07) is 12.3. The lowest BCUT2D eigenvalue weighted by Gasteiger charge is -2.05. The van der Waals surface area contributed by atoms with Crippen molar-refractivity contribution in [2.75, 3.05) is 13.7 Å². The fourth-order valence-electron chi connectivity index (χ4n) is 1.94. The van der Waals surface area contributed by atoms with Crippen molar-refractivity contribution in [3.8, 4) is 5.75 Å². The van der Waals surface area contributed by atoms with Crippen LogP contribution in [0.25, 0.3) is 0 Å². The highest BCUT2D eigenvalue weighted by Crippen LogP contribution is 2.21. The molecule has 0 bridgehead atoms. The average Bonchev–Trinajstić information content (AvgIpc) is 2.59. The predicted octanol–water partition coefficient (Wildman–Crippen LogP) is 2.40. The fraction of sp³-hybridized carbons (Fsp3) is 0.167. The number of nitrogens with zero attached hydrogens (tertiary/aromatic N) is 1. The van der Waals surface area contributed by atoms with E-state index in [1.165, 1.54) is 7.11 Å². The minimum atomic E-state index is -0.526. The van der Waals surface area contributed by atoms with Crippen LogP contribution in [0.5, 0.6) is 5.75 Å². The van der Waals surface area contributed by atoms with Gasteiger partial charge in [-0.05, 0) is 54.4 Å². The first-order valence-electron chi connectivity index (χ1n) is 7.24. The lowest BCUT2D eigenvalue weighted by Crippen LogP contribution is -2.19. The van der Waals surface area contributed by atoms with E-state index in [-0.39, 0.29) is 6.61 Å². The van der Waals surface area contributed by atoms with Gasteiger partial charge in [0.1, 0.15) is 5.75 Å². The molecule has 2 aromatic carbocycles. The molecule has 2 rings (SSSR count). The molecule has 0 aliphatic carbocycles. The van der Waals surface area contributed by atoms with Crippen LogP contribution in [0.15, 0.2) is 47.5 Å². The zero-order chi connectivity index (χ0) is 17.5. The number of hydrogen-bond donors (Lipinski definition) is 1. The topological polar surface area (TPSA) is 91.0 Å². The smallest absolute Gasteiger partial charge is 0.337 e. The number of primary amides is 1. The Labute approximate surface area is 139 Å². The summed E-state index contributed by atoms with van der Waals surface area (Å²) >= 11 is 0. The highest BCUT2D eigenvalue weighted by molar-refractivity contribution is 5.91. The molecule has 6 nitrogen and oxygen atoms in total. The number of aliphatic imine (C=N–C) groups is 1. The summed E-state index contributed by atoms with van der Waals surface area (Å²) in [7, 11) is 1.34. The number of rotatable bonds is 6. The first-order valence-corrected chi connectivity index (χ1v) is 7.24. The van der Waals surface area contributed by atoms with E-state index in [1.54, 1.807) is 42.6 Å². The van der Waals surface area contributed by atoms with Crippen molar-refractivity contribution in [1.29, 1.82) is 0 Å². The molecule has 24 heavy (non-hydrogen) atoms. The monoisotopic (exact) mass is 326 g/mol. The molecule has 6 heteroatoms. The number of hydrogen-bond acceptors (Lipinski definition) is 5. The largest absolute Gasteiger partial charge is 0.484 e. The minimum absolute atomic E-state index is 0.160. The maximum Gasteiger partial charge on any atom is 0.337 e. The molecule has 0 fully saturated rings. The number of benzene rings is 2. The molecule has 0 aromatic heterocycles. The van der Waals surface area contributed by atoms with E-state index in [0.717, 1.165) is 11.1 Å². The maximum absolute atomic E-state index is 11.6. The molecule has 0 atom stereocenters. The van der Waals surface area contributed by atoms with Crippen LogP contribution in [0.4, 0.5) is 5.69 Å². The van der Waals surface area contributed by atoms with Gasteiger partial charge in [0, 0.05) is 6.21 Å². The van der Waals surface area contributed by atoms with Crippen molar-refractivity contribution in [2.24, 2.45) is 10.7 Å². The summed E-state index contributed by atoms with van der Waals surface area (Å²) in [6.45, 7) is 1.75. The molecule has 0 aliphatic heterocycles. The molecule has 0 saturated carbocycles. The number of esters is 1.